The van der Waals surface area contributed by atoms with Gasteiger partial charge in [-0.1, -0.05) is 11.6 Å². The van der Waals surface area contributed by atoms with Crippen LogP contribution in [-0.2, 0) is 9.53 Å². The van der Waals surface area contributed by atoms with E-state index >= 15 is 0 Å². The van der Waals surface area contributed by atoms with Crippen molar-refractivity contribution >= 4 is 34.8 Å². The maximum Gasteiger partial charge on any atom is 0.332 e. The van der Waals surface area contributed by atoms with Crippen molar-refractivity contribution in [2.45, 2.75) is 13.0 Å². The topological polar surface area (TPSA) is 75.6 Å². The molecule has 1 rings (SSSR count). The van der Waals surface area contributed by atoms with E-state index in [1.807, 2.05) is 0 Å². The van der Waals surface area contributed by atoms with Crippen molar-refractivity contribution in [3.8, 4) is 0 Å². The zero-order valence-corrected chi connectivity index (χ0v) is 10.7. The molecular weight excluding hydrogens is 266 g/mol. The molecule has 1 heterocycles. The van der Waals surface area contributed by atoms with Gasteiger partial charge >= 0.3 is 5.97 Å². The predicted octanol–water partition coefficient (Wildman–Crippen LogP) is 1.62. The molecule has 1 amide bonds. The summed E-state index contributed by atoms with van der Waals surface area (Å²) in [5.74, 6) is -1.27. The molecule has 17 heavy (non-hydrogen) atoms. The van der Waals surface area contributed by atoms with Crippen molar-refractivity contribution in [3.63, 3.8) is 0 Å². The van der Waals surface area contributed by atoms with Crippen molar-refractivity contribution in [1.82, 2.24) is 5.32 Å². The van der Waals surface area contributed by atoms with Gasteiger partial charge in [0.2, 0.25) is 0 Å². The molecule has 0 spiro atoms. The highest BCUT2D eigenvalue weighted by Crippen LogP contribution is 2.20. The van der Waals surface area contributed by atoms with Gasteiger partial charge in [0, 0.05) is 6.54 Å². The fourth-order valence-corrected chi connectivity index (χ4v) is 1.95. The minimum atomic E-state index is -1.03. The van der Waals surface area contributed by atoms with E-state index in [0.717, 1.165) is 0 Å². The number of aliphatic carboxylic acids is 1. The van der Waals surface area contributed by atoms with Gasteiger partial charge in [-0.25, -0.2) is 4.79 Å². The second-order valence-electron chi connectivity index (χ2n) is 3.21. The first-order chi connectivity index (χ1) is 8.00. The van der Waals surface area contributed by atoms with Crippen LogP contribution in [0.4, 0.5) is 0 Å². The van der Waals surface area contributed by atoms with Crippen LogP contribution in [0, 0.1) is 0 Å². The average molecular weight is 278 g/mol. The number of nitrogens with one attached hydrogen (secondary N) is 1. The van der Waals surface area contributed by atoms with Gasteiger partial charge in [-0.2, -0.15) is 0 Å². The Kier molecular flexibility index (Phi) is 5.40. The van der Waals surface area contributed by atoms with Crippen molar-refractivity contribution in [2.75, 3.05) is 13.2 Å². The number of amides is 1. The van der Waals surface area contributed by atoms with E-state index in [9.17, 15) is 9.59 Å². The second-order valence-corrected chi connectivity index (χ2v) is 4.93. The monoisotopic (exact) mass is 277 g/mol. The van der Waals surface area contributed by atoms with Crippen LogP contribution in [0.25, 0.3) is 0 Å². The smallest absolute Gasteiger partial charge is 0.332 e. The lowest BCUT2D eigenvalue weighted by atomic mass is 10.4. The summed E-state index contributed by atoms with van der Waals surface area (Å²) >= 11 is 6.87. The quantitative estimate of drug-likeness (QED) is 0.775. The molecule has 0 fully saturated rings. The number of carboxylic acids is 1. The number of ether oxygens (including phenoxy) is 1. The van der Waals surface area contributed by atoms with Gasteiger partial charge in [0.25, 0.3) is 5.91 Å². The summed E-state index contributed by atoms with van der Waals surface area (Å²) in [5, 5.41) is 11.1. The van der Waals surface area contributed by atoms with Crippen LogP contribution < -0.4 is 5.32 Å². The first kappa shape index (κ1) is 14.0. The first-order valence-electron chi connectivity index (χ1n) is 4.88. The summed E-state index contributed by atoms with van der Waals surface area (Å²) in [6, 6.07) is 3.27. The molecule has 0 aromatic carbocycles. The third kappa shape index (κ3) is 4.72. The van der Waals surface area contributed by atoms with Crippen molar-refractivity contribution in [3.05, 3.63) is 21.3 Å². The molecule has 1 unspecified atom stereocenters. The van der Waals surface area contributed by atoms with Gasteiger partial charge in [0.1, 0.15) is 0 Å². The third-order valence-electron chi connectivity index (χ3n) is 1.90. The molecule has 5 nitrogen and oxygen atoms in total. The Morgan fingerprint density at radius 2 is 2.29 bits per heavy atom. The first-order valence-corrected chi connectivity index (χ1v) is 6.08. The van der Waals surface area contributed by atoms with Crippen molar-refractivity contribution < 1.29 is 19.4 Å². The van der Waals surface area contributed by atoms with E-state index in [2.05, 4.69) is 5.32 Å². The Labute approximate surface area is 107 Å². The molecule has 1 atom stereocenters. The largest absolute Gasteiger partial charge is 0.479 e. The lowest BCUT2D eigenvalue weighted by molar-refractivity contribution is -0.148. The molecule has 0 saturated carbocycles. The van der Waals surface area contributed by atoms with E-state index in [-0.39, 0.29) is 19.1 Å². The van der Waals surface area contributed by atoms with E-state index in [1.165, 1.54) is 18.3 Å². The van der Waals surface area contributed by atoms with Crippen molar-refractivity contribution in [1.29, 1.82) is 0 Å². The summed E-state index contributed by atoms with van der Waals surface area (Å²) in [6.07, 6.45) is -0.872. The minimum Gasteiger partial charge on any atom is -0.479 e. The van der Waals surface area contributed by atoms with E-state index in [1.54, 1.807) is 12.1 Å². The van der Waals surface area contributed by atoms with Crippen LogP contribution in [0.15, 0.2) is 12.1 Å². The molecule has 1 aromatic heterocycles. The second kappa shape index (κ2) is 6.58. The predicted molar refractivity (Wildman–Crippen MR) is 64.7 cm³/mol. The molecule has 0 aliphatic heterocycles. The number of carbonyl (C=O) groups is 2. The average Bonchev–Trinajstić information content (AvgIpc) is 2.70. The fourth-order valence-electron chi connectivity index (χ4n) is 0.995. The number of carbonyl (C=O) groups excluding carboxylic acids is 1. The van der Waals surface area contributed by atoms with Crippen molar-refractivity contribution in [2.24, 2.45) is 0 Å². The number of hydrogen-bond acceptors (Lipinski definition) is 4. The van der Waals surface area contributed by atoms with Gasteiger partial charge in [-0.05, 0) is 19.1 Å². The molecule has 7 heteroatoms. The number of thiophene rings is 1. The van der Waals surface area contributed by atoms with Crippen LogP contribution in [0.1, 0.15) is 16.6 Å². The van der Waals surface area contributed by atoms with Crippen LogP contribution in [0.2, 0.25) is 4.34 Å². The number of carboxylic acid groups (broad SMARTS) is 1. The Morgan fingerprint density at radius 1 is 1.59 bits per heavy atom. The zero-order valence-electron chi connectivity index (χ0n) is 9.10. The third-order valence-corrected chi connectivity index (χ3v) is 3.13. The van der Waals surface area contributed by atoms with E-state index in [0.29, 0.717) is 9.21 Å². The molecular formula is C10H12ClNO4S. The van der Waals surface area contributed by atoms with Gasteiger partial charge in [0.15, 0.2) is 6.10 Å². The zero-order chi connectivity index (χ0) is 12.8. The van der Waals surface area contributed by atoms with Crippen LogP contribution in [0.3, 0.4) is 0 Å². The maximum atomic E-state index is 11.5. The Morgan fingerprint density at radius 3 is 2.82 bits per heavy atom. The summed E-state index contributed by atoms with van der Waals surface area (Å²) in [4.78, 5) is 22.4. The number of halogens is 1. The lowest BCUT2D eigenvalue weighted by Gasteiger charge is -2.08. The molecule has 0 aliphatic rings. The van der Waals surface area contributed by atoms with Gasteiger partial charge in [-0.15, -0.1) is 11.3 Å². The van der Waals surface area contributed by atoms with Gasteiger partial charge in [0.05, 0.1) is 15.8 Å². The van der Waals surface area contributed by atoms with E-state index in [4.69, 9.17) is 21.4 Å². The van der Waals surface area contributed by atoms with Crippen LogP contribution >= 0.6 is 22.9 Å². The minimum absolute atomic E-state index is 0.151. The molecule has 0 bridgehead atoms. The highest BCUT2D eigenvalue weighted by Gasteiger charge is 2.11. The highest BCUT2D eigenvalue weighted by atomic mass is 35.5. The van der Waals surface area contributed by atoms with Gasteiger partial charge < -0.3 is 15.2 Å². The summed E-state index contributed by atoms with van der Waals surface area (Å²) in [6.45, 7) is 1.84. The SMILES string of the molecule is CC(OCCNC(=O)c1ccc(Cl)s1)C(=O)O. The summed E-state index contributed by atoms with van der Waals surface area (Å²) in [7, 11) is 0. The Balaban J connectivity index is 2.23. The normalized spacial score (nSPS) is 12.1. The fraction of sp³-hybridized carbons (Fsp3) is 0.400. The van der Waals surface area contributed by atoms with Gasteiger partial charge in [-0.3, -0.25) is 4.79 Å². The Hall–Kier alpha value is -1.11. The van der Waals surface area contributed by atoms with Crippen LogP contribution in [-0.4, -0.2) is 36.2 Å². The summed E-state index contributed by atoms with van der Waals surface area (Å²) < 4.78 is 5.51. The lowest BCUT2D eigenvalue weighted by Crippen LogP contribution is -2.29. The van der Waals surface area contributed by atoms with Crippen LogP contribution in [0.5, 0.6) is 0 Å². The molecule has 1 aromatic rings. The van der Waals surface area contributed by atoms with E-state index < -0.39 is 12.1 Å². The Bertz CT molecular complexity index is 407. The number of hydrogen-bond donors (Lipinski definition) is 2. The maximum absolute atomic E-state index is 11.5. The molecule has 94 valence electrons. The molecule has 0 saturated heterocycles. The standard InChI is InChI=1S/C10H12ClNO4S/c1-6(10(14)15)16-5-4-12-9(13)7-2-3-8(11)17-7/h2-3,6H,4-5H2,1H3,(H,12,13)(H,14,15). The molecule has 2 N–H and O–H groups in total. The highest BCUT2D eigenvalue weighted by molar-refractivity contribution is 7.17. The summed E-state index contributed by atoms with van der Waals surface area (Å²) in [5.41, 5.74) is 0. The molecule has 0 aliphatic carbocycles. The molecule has 0 radical (unpaired) electrons. The number of rotatable bonds is 6.